The topological polar surface area (TPSA) is 48.2 Å². The monoisotopic (exact) mass is 147 g/mol. The summed E-state index contributed by atoms with van der Waals surface area (Å²) in [5.74, 6) is 0. The first kappa shape index (κ1) is 7.55. The molecule has 1 rings (SSSR count). The second-order valence-corrected chi connectivity index (χ2v) is 2.22. The molecule has 0 spiro atoms. The summed E-state index contributed by atoms with van der Waals surface area (Å²) in [5, 5.41) is 11.5. The molecule has 56 valence electrons. The summed E-state index contributed by atoms with van der Waals surface area (Å²) in [7, 11) is 0. The lowest BCUT2D eigenvalue weighted by Gasteiger charge is -1.99. The molecule has 3 heteroatoms. The zero-order valence-corrected chi connectivity index (χ0v) is 6.33. The van der Waals surface area contributed by atoms with E-state index < -0.39 is 0 Å². The molecule has 0 saturated carbocycles. The van der Waals surface area contributed by atoms with Crippen molar-refractivity contribution >= 4 is 6.21 Å². The molecule has 0 amide bonds. The molecule has 3 nitrogen and oxygen atoms in total. The lowest BCUT2D eigenvalue weighted by atomic mass is 10.3. The van der Waals surface area contributed by atoms with Gasteiger partial charge < -0.3 is 5.32 Å². The molecular formula is C8H9N3. The van der Waals surface area contributed by atoms with E-state index in [2.05, 4.69) is 10.3 Å². The van der Waals surface area contributed by atoms with Crippen molar-refractivity contribution in [3.63, 3.8) is 0 Å². The molecule has 0 unspecified atom stereocenters. The number of hydrogen-bond donors (Lipinski definition) is 1. The van der Waals surface area contributed by atoms with E-state index in [1.807, 2.05) is 19.1 Å². The van der Waals surface area contributed by atoms with Gasteiger partial charge in [-0.15, -0.1) is 0 Å². The number of hydrogen-bond acceptors (Lipinski definition) is 3. The minimum absolute atomic E-state index is 0.553. The SMILES string of the molecule is CC1=C\CN/C=C(C#N)/C=N\1. The predicted octanol–water partition coefficient (Wildman–Crippen LogP) is 0.972. The first-order valence-electron chi connectivity index (χ1n) is 3.37. The lowest BCUT2D eigenvalue weighted by Crippen LogP contribution is -2.07. The zero-order chi connectivity index (χ0) is 8.10. The normalized spacial score (nSPS) is 29.1. The van der Waals surface area contributed by atoms with Gasteiger partial charge in [-0.2, -0.15) is 5.26 Å². The van der Waals surface area contributed by atoms with Gasteiger partial charge in [0.2, 0.25) is 0 Å². The molecule has 0 aliphatic carbocycles. The van der Waals surface area contributed by atoms with E-state index in [0.29, 0.717) is 5.57 Å². The Kier molecular flexibility index (Phi) is 2.45. The minimum Gasteiger partial charge on any atom is -0.386 e. The second kappa shape index (κ2) is 3.57. The van der Waals surface area contributed by atoms with Crippen LogP contribution in [-0.2, 0) is 0 Å². The van der Waals surface area contributed by atoms with E-state index in [9.17, 15) is 0 Å². The molecular weight excluding hydrogens is 138 g/mol. The lowest BCUT2D eigenvalue weighted by molar-refractivity contribution is 0.965. The fourth-order valence-electron chi connectivity index (χ4n) is 0.698. The van der Waals surface area contributed by atoms with Crippen molar-refractivity contribution in [2.75, 3.05) is 6.54 Å². The number of nitrogens with zero attached hydrogens (tertiary/aromatic N) is 2. The van der Waals surface area contributed by atoms with Crippen LogP contribution in [0.5, 0.6) is 0 Å². The quantitative estimate of drug-likeness (QED) is 0.555. The predicted molar refractivity (Wildman–Crippen MR) is 43.9 cm³/mol. The molecule has 0 fully saturated rings. The largest absolute Gasteiger partial charge is 0.386 e. The summed E-state index contributed by atoms with van der Waals surface area (Å²) in [6.07, 6.45) is 5.17. The van der Waals surface area contributed by atoms with Crippen LogP contribution in [0.4, 0.5) is 0 Å². The highest BCUT2D eigenvalue weighted by Crippen LogP contribution is 1.97. The summed E-state index contributed by atoms with van der Waals surface area (Å²) in [5.41, 5.74) is 1.48. The molecule has 0 bridgehead atoms. The van der Waals surface area contributed by atoms with Gasteiger partial charge in [-0.05, 0) is 13.0 Å². The highest BCUT2D eigenvalue weighted by atomic mass is 14.8. The fourth-order valence-corrected chi connectivity index (χ4v) is 0.698. The van der Waals surface area contributed by atoms with Gasteiger partial charge in [0, 0.05) is 24.7 Å². The summed E-state index contributed by atoms with van der Waals surface area (Å²) < 4.78 is 0. The van der Waals surface area contributed by atoms with Gasteiger partial charge in [0.05, 0.1) is 5.57 Å². The van der Waals surface area contributed by atoms with E-state index in [0.717, 1.165) is 12.2 Å². The summed E-state index contributed by atoms with van der Waals surface area (Å²) in [4.78, 5) is 4.04. The van der Waals surface area contributed by atoms with Crippen molar-refractivity contribution in [1.82, 2.24) is 5.32 Å². The summed E-state index contributed by atoms with van der Waals surface area (Å²) >= 11 is 0. The molecule has 0 atom stereocenters. The Balaban J connectivity index is 2.81. The van der Waals surface area contributed by atoms with Crippen molar-refractivity contribution in [1.29, 1.82) is 5.26 Å². The number of nitriles is 1. The van der Waals surface area contributed by atoms with Crippen LogP contribution >= 0.6 is 0 Å². The van der Waals surface area contributed by atoms with Crippen LogP contribution in [0.15, 0.2) is 28.5 Å². The minimum atomic E-state index is 0.553. The standard InChI is InChI=1S/C8H9N3/c1-7-2-3-10-5-8(4-9)6-11-7/h2,5-6,10H,3H2,1H3/b7-2+,8-5+,11-6-. The van der Waals surface area contributed by atoms with Gasteiger partial charge in [-0.3, -0.25) is 4.99 Å². The molecule has 0 radical (unpaired) electrons. The average molecular weight is 147 g/mol. The van der Waals surface area contributed by atoms with Gasteiger partial charge in [0.1, 0.15) is 6.07 Å². The van der Waals surface area contributed by atoms with Gasteiger partial charge >= 0.3 is 0 Å². The summed E-state index contributed by atoms with van der Waals surface area (Å²) in [6, 6.07) is 2.01. The van der Waals surface area contributed by atoms with E-state index in [4.69, 9.17) is 5.26 Å². The first-order chi connectivity index (χ1) is 5.33. The molecule has 0 aromatic carbocycles. The highest BCUT2D eigenvalue weighted by molar-refractivity contribution is 5.84. The molecule has 0 aromatic rings. The molecule has 11 heavy (non-hydrogen) atoms. The maximum atomic E-state index is 8.53. The third-order valence-corrected chi connectivity index (χ3v) is 1.31. The Morgan fingerprint density at radius 2 is 2.55 bits per heavy atom. The fraction of sp³-hybridized carbons (Fsp3) is 0.250. The molecule has 0 aromatic heterocycles. The van der Waals surface area contributed by atoms with Crippen LogP contribution in [0.2, 0.25) is 0 Å². The van der Waals surface area contributed by atoms with Crippen LogP contribution in [0, 0.1) is 11.3 Å². The van der Waals surface area contributed by atoms with E-state index >= 15 is 0 Å². The maximum Gasteiger partial charge on any atom is 0.102 e. The summed E-state index contributed by atoms with van der Waals surface area (Å²) in [6.45, 7) is 2.63. The van der Waals surface area contributed by atoms with Gasteiger partial charge in [-0.1, -0.05) is 0 Å². The molecule has 0 saturated heterocycles. The smallest absolute Gasteiger partial charge is 0.102 e. The molecule has 1 heterocycles. The van der Waals surface area contributed by atoms with E-state index in [-0.39, 0.29) is 0 Å². The third-order valence-electron chi connectivity index (χ3n) is 1.31. The highest BCUT2D eigenvalue weighted by Gasteiger charge is 1.92. The average Bonchev–Trinajstić information content (AvgIpc) is 1.98. The van der Waals surface area contributed by atoms with Crippen LogP contribution in [0.1, 0.15) is 6.92 Å². The van der Waals surface area contributed by atoms with Gasteiger partial charge in [0.25, 0.3) is 0 Å². The number of nitrogens with one attached hydrogen (secondary N) is 1. The van der Waals surface area contributed by atoms with Crippen LogP contribution < -0.4 is 5.32 Å². The van der Waals surface area contributed by atoms with Crippen LogP contribution in [0.3, 0.4) is 0 Å². The molecule has 1 aliphatic heterocycles. The number of rotatable bonds is 0. The zero-order valence-electron chi connectivity index (χ0n) is 6.33. The van der Waals surface area contributed by atoms with Crippen molar-refractivity contribution in [2.45, 2.75) is 6.92 Å². The Bertz CT molecular complexity index is 266. The number of allylic oxidation sites excluding steroid dienone is 2. The molecule has 1 aliphatic rings. The second-order valence-electron chi connectivity index (χ2n) is 2.22. The first-order valence-corrected chi connectivity index (χ1v) is 3.37. The Morgan fingerprint density at radius 1 is 1.73 bits per heavy atom. The molecule has 1 N–H and O–H groups in total. The van der Waals surface area contributed by atoms with E-state index in [1.54, 1.807) is 12.4 Å². The Hall–Kier alpha value is -1.56. The van der Waals surface area contributed by atoms with Gasteiger partial charge in [-0.25, -0.2) is 0 Å². The van der Waals surface area contributed by atoms with Crippen molar-refractivity contribution in [2.24, 2.45) is 4.99 Å². The third kappa shape index (κ3) is 2.26. The van der Waals surface area contributed by atoms with Gasteiger partial charge in [0.15, 0.2) is 0 Å². The number of aliphatic imine (C=N–C) groups is 1. The van der Waals surface area contributed by atoms with Crippen molar-refractivity contribution in [3.05, 3.63) is 23.5 Å². The van der Waals surface area contributed by atoms with Crippen molar-refractivity contribution in [3.8, 4) is 6.07 Å². The van der Waals surface area contributed by atoms with Crippen LogP contribution in [-0.4, -0.2) is 12.8 Å². The van der Waals surface area contributed by atoms with Crippen molar-refractivity contribution < 1.29 is 0 Å². The Labute approximate surface area is 65.7 Å². The Morgan fingerprint density at radius 3 is 3.27 bits per heavy atom. The maximum absolute atomic E-state index is 8.53. The van der Waals surface area contributed by atoms with Crippen LogP contribution in [0.25, 0.3) is 0 Å². The van der Waals surface area contributed by atoms with E-state index in [1.165, 1.54) is 0 Å².